The zero-order valence-corrected chi connectivity index (χ0v) is 20.2. The smallest absolute Gasteiger partial charge is 0.229 e. The Kier molecular flexibility index (Phi) is 7.42. The second-order valence-corrected chi connectivity index (χ2v) is 11.2. The zero-order chi connectivity index (χ0) is 23.4. The van der Waals surface area contributed by atoms with Gasteiger partial charge in [-0.2, -0.15) is 4.31 Å². The summed E-state index contributed by atoms with van der Waals surface area (Å²) in [7, 11) is -1.89. The lowest BCUT2D eigenvalue weighted by Crippen LogP contribution is -2.50. The number of carbonyl (C=O) groups is 2. The van der Waals surface area contributed by atoms with Gasteiger partial charge in [-0.05, 0) is 18.6 Å². The molecule has 2 aromatic rings. The standard InChI is InChI=1S/C22H28N4O5S2/c1-31-18-5-2-4-17(14-18)19-16-32-20(23-19)15-24-8-10-25(11-9-24)33(29,30)13-12-26-21(27)6-3-7-22(26)28/h2,4-5,14,16H,3,6-13,15H2,1H3. The van der Waals surface area contributed by atoms with Crippen LogP contribution in [0.2, 0.25) is 0 Å². The SMILES string of the molecule is COc1cccc(-c2csc(CN3CCN(S(=O)(=O)CCN4C(=O)CCCC4=O)CC3)n2)c1. The molecule has 9 nitrogen and oxygen atoms in total. The number of imide groups is 1. The van der Waals surface area contributed by atoms with Gasteiger partial charge in [0.2, 0.25) is 21.8 Å². The Balaban J connectivity index is 1.28. The number of piperidine rings is 1. The molecule has 2 amide bonds. The van der Waals surface area contributed by atoms with E-state index in [-0.39, 0.29) is 24.1 Å². The molecule has 0 bridgehead atoms. The number of amides is 2. The molecule has 2 fully saturated rings. The molecule has 178 valence electrons. The molecule has 0 atom stereocenters. The minimum atomic E-state index is -3.53. The van der Waals surface area contributed by atoms with Crippen LogP contribution >= 0.6 is 11.3 Å². The van der Waals surface area contributed by atoms with Crippen LogP contribution in [0.15, 0.2) is 29.6 Å². The van der Waals surface area contributed by atoms with Crippen LogP contribution in [-0.4, -0.2) is 84.9 Å². The Morgan fingerprint density at radius 3 is 2.52 bits per heavy atom. The van der Waals surface area contributed by atoms with Crippen LogP contribution in [0.3, 0.4) is 0 Å². The molecule has 0 saturated carbocycles. The maximum Gasteiger partial charge on any atom is 0.229 e. The molecule has 11 heteroatoms. The summed E-state index contributed by atoms with van der Waals surface area (Å²) in [6, 6.07) is 7.78. The van der Waals surface area contributed by atoms with Crippen molar-refractivity contribution in [2.24, 2.45) is 0 Å². The quantitative estimate of drug-likeness (QED) is 0.518. The molecule has 0 N–H and O–H groups in total. The van der Waals surface area contributed by atoms with Crippen molar-refractivity contribution >= 4 is 33.2 Å². The van der Waals surface area contributed by atoms with Gasteiger partial charge in [0.25, 0.3) is 0 Å². The van der Waals surface area contributed by atoms with Crippen LogP contribution in [0.5, 0.6) is 5.75 Å². The highest BCUT2D eigenvalue weighted by atomic mass is 32.2. The van der Waals surface area contributed by atoms with Crippen LogP contribution < -0.4 is 4.74 Å². The van der Waals surface area contributed by atoms with E-state index in [1.54, 1.807) is 18.4 Å². The molecule has 0 aliphatic carbocycles. The number of hydrogen-bond donors (Lipinski definition) is 0. The van der Waals surface area contributed by atoms with E-state index in [4.69, 9.17) is 9.72 Å². The number of sulfonamides is 1. The topological polar surface area (TPSA) is 100 Å². The van der Waals surface area contributed by atoms with Gasteiger partial charge >= 0.3 is 0 Å². The summed E-state index contributed by atoms with van der Waals surface area (Å²) < 4.78 is 32.3. The molecule has 0 radical (unpaired) electrons. The molecule has 2 aliphatic rings. The number of likely N-dealkylation sites (tertiary alicyclic amines) is 1. The summed E-state index contributed by atoms with van der Waals surface area (Å²) in [5.41, 5.74) is 1.90. The van der Waals surface area contributed by atoms with Gasteiger partial charge in [-0.25, -0.2) is 13.4 Å². The van der Waals surface area contributed by atoms with Gasteiger partial charge in [0, 0.05) is 56.5 Å². The Morgan fingerprint density at radius 1 is 1.09 bits per heavy atom. The molecule has 2 saturated heterocycles. The Hall–Kier alpha value is -2.34. The summed E-state index contributed by atoms with van der Waals surface area (Å²) >= 11 is 1.59. The Morgan fingerprint density at radius 2 is 1.82 bits per heavy atom. The fourth-order valence-corrected chi connectivity index (χ4v) is 6.28. The first-order valence-corrected chi connectivity index (χ1v) is 13.5. The highest BCUT2D eigenvalue weighted by Crippen LogP contribution is 2.26. The third kappa shape index (κ3) is 5.78. The molecule has 0 unspecified atom stereocenters. The summed E-state index contributed by atoms with van der Waals surface area (Å²) in [5, 5.41) is 3.00. The van der Waals surface area contributed by atoms with Crippen LogP contribution in [-0.2, 0) is 26.2 Å². The van der Waals surface area contributed by atoms with Gasteiger partial charge in [-0.1, -0.05) is 12.1 Å². The molecular weight excluding hydrogens is 464 g/mol. The molecule has 33 heavy (non-hydrogen) atoms. The third-order valence-electron chi connectivity index (χ3n) is 5.96. The van der Waals surface area contributed by atoms with E-state index >= 15 is 0 Å². The highest BCUT2D eigenvalue weighted by molar-refractivity contribution is 7.89. The van der Waals surface area contributed by atoms with Crippen molar-refractivity contribution < 1.29 is 22.7 Å². The highest BCUT2D eigenvalue weighted by Gasteiger charge is 2.31. The number of rotatable bonds is 8. The predicted octanol–water partition coefficient (Wildman–Crippen LogP) is 1.81. The Labute approximate surface area is 198 Å². The van der Waals surface area contributed by atoms with E-state index in [0.717, 1.165) is 26.9 Å². The summed E-state index contributed by atoms with van der Waals surface area (Å²) in [5.74, 6) is 0.0142. The van der Waals surface area contributed by atoms with Gasteiger partial charge < -0.3 is 4.74 Å². The summed E-state index contributed by atoms with van der Waals surface area (Å²) in [6.45, 7) is 2.59. The minimum Gasteiger partial charge on any atom is -0.497 e. The van der Waals surface area contributed by atoms with E-state index in [9.17, 15) is 18.0 Å². The molecular formula is C22H28N4O5S2. The molecule has 1 aromatic carbocycles. The Bertz CT molecular complexity index is 1090. The van der Waals surface area contributed by atoms with Crippen molar-refractivity contribution in [3.05, 3.63) is 34.7 Å². The van der Waals surface area contributed by atoms with Gasteiger partial charge in [-0.15, -0.1) is 11.3 Å². The third-order valence-corrected chi connectivity index (χ3v) is 8.64. The second kappa shape index (κ2) is 10.3. The van der Waals surface area contributed by atoms with Crippen molar-refractivity contribution in [3.8, 4) is 17.0 Å². The average Bonchev–Trinajstić information content (AvgIpc) is 3.27. The number of methoxy groups -OCH3 is 1. The lowest BCUT2D eigenvalue weighted by molar-refractivity contribution is -0.147. The van der Waals surface area contributed by atoms with E-state index in [2.05, 4.69) is 4.90 Å². The molecule has 4 rings (SSSR count). The van der Waals surface area contributed by atoms with E-state index in [1.807, 2.05) is 29.6 Å². The van der Waals surface area contributed by atoms with Crippen LogP contribution in [0, 0.1) is 0 Å². The van der Waals surface area contributed by atoms with Gasteiger partial charge in [0.15, 0.2) is 0 Å². The number of aromatic nitrogens is 1. The summed E-state index contributed by atoms with van der Waals surface area (Å²) in [4.78, 5) is 31.9. The van der Waals surface area contributed by atoms with Crippen LogP contribution in [0.25, 0.3) is 11.3 Å². The normalized spacial score (nSPS) is 18.6. The van der Waals surface area contributed by atoms with Crippen LogP contribution in [0.4, 0.5) is 0 Å². The number of ether oxygens (including phenoxy) is 1. The van der Waals surface area contributed by atoms with Crippen molar-refractivity contribution in [3.63, 3.8) is 0 Å². The van der Waals surface area contributed by atoms with Crippen molar-refractivity contribution in [1.82, 2.24) is 19.1 Å². The number of carbonyl (C=O) groups excluding carboxylic acids is 2. The van der Waals surface area contributed by atoms with Crippen molar-refractivity contribution in [2.75, 3.05) is 45.6 Å². The minimum absolute atomic E-state index is 0.0631. The molecule has 3 heterocycles. The molecule has 0 spiro atoms. The first-order chi connectivity index (χ1) is 15.9. The fourth-order valence-electron chi connectivity index (χ4n) is 4.04. The first kappa shape index (κ1) is 23.8. The van der Waals surface area contributed by atoms with Gasteiger partial charge in [-0.3, -0.25) is 19.4 Å². The van der Waals surface area contributed by atoms with E-state index in [0.29, 0.717) is 52.0 Å². The lowest BCUT2D eigenvalue weighted by atomic mass is 10.1. The largest absolute Gasteiger partial charge is 0.497 e. The van der Waals surface area contributed by atoms with Crippen molar-refractivity contribution in [1.29, 1.82) is 0 Å². The van der Waals surface area contributed by atoms with E-state index in [1.165, 1.54) is 4.31 Å². The zero-order valence-electron chi connectivity index (χ0n) is 18.6. The lowest BCUT2D eigenvalue weighted by Gasteiger charge is -2.34. The van der Waals surface area contributed by atoms with Crippen LogP contribution in [0.1, 0.15) is 24.3 Å². The fraction of sp³-hybridized carbons (Fsp3) is 0.500. The molecule has 1 aromatic heterocycles. The first-order valence-electron chi connectivity index (χ1n) is 11.0. The van der Waals surface area contributed by atoms with Crippen molar-refractivity contribution in [2.45, 2.75) is 25.8 Å². The maximum atomic E-state index is 12.8. The number of piperazine rings is 1. The van der Waals surface area contributed by atoms with Gasteiger partial charge in [0.05, 0.1) is 25.1 Å². The average molecular weight is 493 g/mol. The number of nitrogens with zero attached hydrogens (tertiary/aromatic N) is 4. The molecule has 2 aliphatic heterocycles. The number of benzene rings is 1. The maximum absolute atomic E-state index is 12.8. The second-order valence-electron chi connectivity index (χ2n) is 8.14. The summed E-state index contributed by atoms with van der Waals surface area (Å²) in [6.07, 6.45) is 1.16. The monoisotopic (exact) mass is 492 g/mol. The predicted molar refractivity (Wildman–Crippen MR) is 125 cm³/mol. The number of thiazole rings is 1. The van der Waals surface area contributed by atoms with E-state index < -0.39 is 10.0 Å². The van der Waals surface area contributed by atoms with Gasteiger partial charge in [0.1, 0.15) is 10.8 Å². The number of hydrogen-bond acceptors (Lipinski definition) is 8.